The average molecular weight is 683 g/mol. The van der Waals surface area contributed by atoms with Crippen LogP contribution in [0.25, 0.3) is 0 Å². The number of carbonyl (C=O) groups is 2. The van der Waals surface area contributed by atoms with Crippen molar-refractivity contribution in [3.8, 4) is 0 Å². The zero-order valence-electron chi connectivity index (χ0n) is 28.2. The topological polar surface area (TPSA) is 138 Å². The molecule has 12 heteroatoms. The minimum absolute atomic E-state index is 0.138. The van der Waals surface area contributed by atoms with Crippen molar-refractivity contribution in [1.29, 1.82) is 0 Å². The van der Waals surface area contributed by atoms with Gasteiger partial charge in [-0.25, -0.2) is 25.4 Å². The molecule has 0 bridgehead atoms. The van der Waals surface area contributed by atoms with Crippen LogP contribution < -0.4 is 0 Å². The molecular weight excluding hydrogens is 629 g/mol. The van der Waals surface area contributed by atoms with Crippen LogP contribution >= 0.6 is 0 Å². The summed E-state index contributed by atoms with van der Waals surface area (Å²) in [5, 5.41) is 8.53. The summed E-state index contributed by atoms with van der Waals surface area (Å²) in [6.45, 7) is 7.08. The van der Waals surface area contributed by atoms with Crippen molar-refractivity contribution in [3.05, 3.63) is 59.7 Å². The maximum Gasteiger partial charge on any atom is 0.305 e. The summed E-state index contributed by atoms with van der Waals surface area (Å²) in [6.07, 6.45) is 9.44. The fraction of sp³-hybridized carbons (Fsp3) is 0.588. The first kappa shape index (κ1) is 41.2. The molecule has 0 amide bonds. The van der Waals surface area contributed by atoms with Gasteiger partial charge in [-0.3, -0.25) is 9.59 Å². The molecule has 0 radical (unpaired) electrons. The van der Waals surface area contributed by atoms with E-state index in [2.05, 4.69) is 0 Å². The second-order valence-corrected chi connectivity index (χ2v) is 15.6. The normalized spacial score (nSPS) is 11.7. The Morgan fingerprint density at radius 2 is 0.957 bits per heavy atom. The van der Waals surface area contributed by atoms with Crippen molar-refractivity contribution in [2.75, 3.05) is 33.8 Å². The van der Waals surface area contributed by atoms with Crippen LogP contribution in [0.3, 0.4) is 0 Å². The lowest BCUT2D eigenvalue weighted by Crippen LogP contribution is -2.27. The van der Waals surface area contributed by atoms with Crippen LogP contribution in [0.4, 0.5) is 0 Å². The molecule has 46 heavy (non-hydrogen) atoms. The number of carbonyl (C=O) groups excluding carboxylic acids is 1. The Hall–Kier alpha value is -2.80. The van der Waals surface area contributed by atoms with Crippen molar-refractivity contribution in [1.82, 2.24) is 8.61 Å². The largest absolute Gasteiger partial charge is 0.481 e. The SMILES string of the molecule is CCOC(=O)CCCCCCCN(C)S(=O)(=O)c1ccc(C)cc1.Cc1ccc(S(=O)(=O)N(C)CCCCCCCC(=O)O)cc1. The number of unbranched alkanes of at least 4 members (excludes halogenated alkanes) is 8. The van der Waals surface area contributed by atoms with Crippen LogP contribution in [0.15, 0.2) is 58.3 Å². The fourth-order valence-electron chi connectivity index (χ4n) is 4.53. The second kappa shape index (κ2) is 21.9. The fourth-order valence-corrected chi connectivity index (χ4v) is 6.95. The van der Waals surface area contributed by atoms with E-state index in [0.717, 1.165) is 68.9 Å². The first-order chi connectivity index (χ1) is 21.7. The van der Waals surface area contributed by atoms with Gasteiger partial charge in [-0.05, 0) is 70.7 Å². The lowest BCUT2D eigenvalue weighted by molar-refractivity contribution is -0.143. The van der Waals surface area contributed by atoms with Crippen LogP contribution in [0.5, 0.6) is 0 Å². The van der Waals surface area contributed by atoms with Crippen LogP contribution in [-0.4, -0.2) is 76.3 Å². The maximum atomic E-state index is 12.4. The maximum absolute atomic E-state index is 12.4. The zero-order chi connectivity index (χ0) is 34.6. The monoisotopic (exact) mass is 682 g/mol. The van der Waals surface area contributed by atoms with Crippen LogP contribution in [-0.2, 0) is 34.4 Å². The second-order valence-electron chi connectivity index (χ2n) is 11.5. The van der Waals surface area contributed by atoms with E-state index in [4.69, 9.17) is 9.84 Å². The van der Waals surface area contributed by atoms with Gasteiger partial charge in [-0.1, -0.05) is 73.9 Å². The summed E-state index contributed by atoms with van der Waals surface area (Å²) in [4.78, 5) is 22.2. The van der Waals surface area contributed by atoms with Crippen molar-refractivity contribution in [2.24, 2.45) is 0 Å². The highest BCUT2D eigenvalue weighted by atomic mass is 32.2. The third kappa shape index (κ3) is 16.2. The standard InChI is InChI=1S/C18H29NO4S.C16H25NO4S/c1-4-23-18(20)10-8-6-5-7-9-15-19(3)24(21,22)17-13-11-16(2)12-14-17;1-14-9-11-15(12-10-14)22(20,21)17(2)13-7-5-3-4-6-8-16(18)19/h11-14H,4-10,15H2,1-3H3;9-12H,3-8,13H2,1-2H3,(H,18,19). The number of rotatable bonds is 21. The van der Waals surface area contributed by atoms with E-state index >= 15 is 0 Å². The number of benzene rings is 2. The van der Waals surface area contributed by atoms with Gasteiger partial charge in [0.05, 0.1) is 16.4 Å². The molecule has 0 atom stereocenters. The smallest absolute Gasteiger partial charge is 0.305 e. The molecule has 0 heterocycles. The summed E-state index contributed by atoms with van der Waals surface area (Å²) in [6, 6.07) is 13.8. The van der Waals surface area contributed by atoms with Crippen molar-refractivity contribution in [2.45, 2.75) is 108 Å². The van der Waals surface area contributed by atoms with Crippen molar-refractivity contribution < 1.29 is 36.3 Å². The van der Waals surface area contributed by atoms with E-state index in [1.54, 1.807) is 57.4 Å². The van der Waals surface area contributed by atoms with Gasteiger partial charge in [-0.15, -0.1) is 0 Å². The molecule has 0 saturated heterocycles. The number of carboxylic acid groups (broad SMARTS) is 1. The number of aryl methyl sites for hydroxylation is 2. The predicted molar refractivity (Wildman–Crippen MR) is 182 cm³/mol. The highest BCUT2D eigenvalue weighted by Gasteiger charge is 2.20. The molecule has 1 N–H and O–H groups in total. The first-order valence-corrected chi connectivity index (χ1v) is 19.0. The summed E-state index contributed by atoms with van der Waals surface area (Å²) < 4.78 is 57.2. The Morgan fingerprint density at radius 3 is 1.33 bits per heavy atom. The molecular formula is C34H54N2O8S2. The minimum Gasteiger partial charge on any atom is -0.481 e. The van der Waals surface area contributed by atoms with E-state index in [0.29, 0.717) is 42.3 Å². The van der Waals surface area contributed by atoms with Crippen LogP contribution in [0.2, 0.25) is 0 Å². The molecule has 2 aromatic carbocycles. The van der Waals surface area contributed by atoms with Gasteiger partial charge < -0.3 is 9.84 Å². The molecule has 0 saturated carbocycles. The number of esters is 1. The summed E-state index contributed by atoms with van der Waals surface area (Å²) in [5.74, 6) is -0.898. The molecule has 0 aliphatic carbocycles. The van der Waals surface area contributed by atoms with Gasteiger partial charge in [0.2, 0.25) is 20.0 Å². The highest BCUT2D eigenvalue weighted by Crippen LogP contribution is 2.17. The number of nitrogens with zero attached hydrogens (tertiary/aromatic N) is 2. The molecule has 0 aliphatic rings. The average Bonchev–Trinajstić information content (AvgIpc) is 3.00. The summed E-state index contributed by atoms with van der Waals surface area (Å²) in [5.41, 5.74) is 2.07. The van der Waals surface area contributed by atoms with Gasteiger partial charge in [0.1, 0.15) is 0 Å². The van der Waals surface area contributed by atoms with Gasteiger partial charge in [0.15, 0.2) is 0 Å². The summed E-state index contributed by atoms with van der Waals surface area (Å²) in [7, 11) is -3.59. The van der Waals surface area contributed by atoms with E-state index in [1.807, 2.05) is 26.0 Å². The lowest BCUT2D eigenvalue weighted by atomic mass is 10.1. The van der Waals surface area contributed by atoms with Crippen LogP contribution in [0, 0.1) is 13.8 Å². The molecule has 0 aliphatic heterocycles. The number of sulfonamides is 2. The Kier molecular flexibility index (Phi) is 19.6. The number of carboxylic acids is 1. The zero-order valence-corrected chi connectivity index (χ0v) is 29.9. The summed E-state index contributed by atoms with van der Waals surface area (Å²) >= 11 is 0. The molecule has 10 nitrogen and oxygen atoms in total. The van der Waals surface area contributed by atoms with Gasteiger partial charge in [0.25, 0.3) is 0 Å². The van der Waals surface area contributed by atoms with E-state index in [9.17, 15) is 26.4 Å². The molecule has 0 spiro atoms. The molecule has 0 aromatic heterocycles. The van der Waals surface area contributed by atoms with Crippen molar-refractivity contribution >= 4 is 32.0 Å². The van der Waals surface area contributed by atoms with E-state index in [1.165, 1.54) is 8.61 Å². The molecule has 2 aromatic rings. The predicted octanol–water partition coefficient (Wildman–Crippen LogP) is 6.56. The van der Waals surface area contributed by atoms with Gasteiger partial charge in [0, 0.05) is 40.0 Å². The Labute approximate surface area is 277 Å². The minimum atomic E-state index is -3.41. The number of hydrogen-bond acceptors (Lipinski definition) is 7. The molecule has 2 rings (SSSR count). The van der Waals surface area contributed by atoms with E-state index in [-0.39, 0.29) is 12.4 Å². The highest BCUT2D eigenvalue weighted by molar-refractivity contribution is 7.89. The molecule has 0 fully saturated rings. The van der Waals surface area contributed by atoms with Crippen molar-refractivity contribution in [3.63, 3.8) is 0 Å². The molecule has 260 valence electrons. The van der Waals surface area contributed by atoms with Gasteiger partial charge >= 0.3 is 11.9 Å². The molecule has 0 unspecified atom stereocenters. The Balaban J connectivity index is 0.000000462. The number of ether oxygens (including phenoxy) is 1. The van der Waals surface area contributed by atoms with E-state index < -0.39 is 26.0 Å². The Bertz CT molecular complexity index is 1380. The van der Waals surface area contributed by atoms with Crippen LogP contribution in [0.1, 0.15) is 95.1 Å². The third-order valence-corrected chi connectivity index (χ3v) is 11.2. The Morgan fingerprint density at radius 1 is 0.609 bits per heavy atom. The number of aliphatic carboxylic acids is 1. The van der Waals surface area contributed by atoms with Gasteiger partial charge in [-0.2, -0.15) is 0 Å². The number of hydrogen-bond donors (Lipinski definition) is 1. The lowest BCUT2D eigenvalue weighted by Gasteiger charge is -2.17. The quantitative estimate of drug-likeness (QED) is 0.115. The third-order valence-electron chi connectivity index (χ3n) is 7.48. The first-order valence-electron chi connectivity index (χ1n) is 16.1.